The second-order valence-electron chi connectivity index (χ2n) is 5.68. The zero-order valence-electron chi connectivity index (χ0n) is 10.1. The number of ether oxygens (including phenoxy) is 2. The molecule has 0 unspecified atom stereocenters. The van der Waals surface area contributed by atoms with Crippen LogP contribution in [0.3, 0.4) is 0 Å². The lowest BCUT2D eigenvalue weighted by atomic mass is 9.81. The minimum atomic E-state index is -0.445. The van der Waals surface area contributed by atoms with E-state index >= 15 is 0 Å². The number of carbonyl (C=O) groups is 1. The van der Waals surface area contributed by atoms with E-state index in [-0.39, 0.29) is 17.6 Å². The summed E-state index contributed by atoms with van der Waals surface area (Å²) in [4.78, 5) is 11.6. The Morgan fingerprint density at radius 2 is 2.19 bits per heavy atom. The van der Waals surface area contributed by atoms with Crippen LogP contribution in [0.2, 0.25) is 0 Å². The van der Waals surface area contributed by atoms with Gasteiger partial charge in [-0.2, -0.15) is 0 Å². The summed E-state index contributed by atoms with van der Waals surface area (Å²) in [5.74, 6) is 0. The molecule has 0 bridgehead atoms. The maximum atomic E-state index is 11.6. The van der Waals surface area contributed by atoms with Gasteiger partial charge in [0.05, 0.1) is 24.7 Å². The Kier molecular flexibility index (Phi) is 2.84. The van der Waals surface area contributed by atoms with Crippen molar-refractivity contribution in [1.82, 2.24) is 10.6 Å². The summed E-state index contributed by atoms with van der Waals surface area (Å²) in [6.07, 6.45) is -0.340. The predicted molar refractivity (Wildman–Crippen MR) is 59.3 cm³/mol. The minimum Gasteiger partial charge on any atom is -0.444 e. The number of carbonyl (C=O) groups excluding carboxylic acids is 1. The highest BCUT2D eigenvalue weighted by molar-refractivity contribution is 5.68. The molecule has 2 rings (SSSR count). The van der Waals surface area contributed by atoms with Gasteiger partial charge >= 0.3 is 6.09 Å². The Morgan fingerprint density at radius 1 is 1.50 bits per heavy atom. The van der Waals surface area contributed by atoms with Crippen LogP contribution in [-0.4, -0.2) is 44.0 Å². The van der Waals surface area contributed by atoms with Crippen molar-refractivity contribution in [3.63, 3.8) is 0 Å². The first kappa shape index (κ1) is 11.7. The summed E-state index contributed by atoms with van der Waals surface area (Å²) >= 11 is 0. The molecule has 2 heterocycles. The number of hydrogen-bond donors (Lipinski definition) is 2. The van der Waals surface area contributed by atoms with Crippen LogP contribution in [0, 0.1) is 5.41 Å². The van der Waals surface area contributed by atoms with Gasteiger partial charge in [0, 0.05) is 13.1 Å². The van der Waals surface area contributed by atoms with Crippen molar-refractivity contribution < 1.29 is 14.3 Å². The van der Waals surface area contributed by atoms with Crippen molar-refractivity contribution >= 4 is 6.09 Å². The smallest absolute Gasteiger partial charge is 0.407 e. The van der Waals surface area contributed by atoms with Gasteiger partial charge < -0.3 is 20.1 Å². The van der Waals surface area contributed by atoms with Crippen LogP contribution in [0.5, 0.6) is 0 Å². The van der Waals surface area contributed by atoms with Crippen molar-refractivity contribution in [1.29, 1.82) is 0 Å². The van der Waals surface area contributed by atoms with Crippen LogP contribution >= 0.6 is 0 Å². The van der Waals surface area contributed by atoms with Crippen LogP contribution in [0.15, 0.2) is 0 Å². The average molecular weight is 228 g/mol. The molecule has 0 radical (unpaired) electrons. The molecule has 2 aliphatic rings. The van der Waals surface area contributed by atoms with Gasteiger partial charge in [0.1, 0.15) is 5.60 Å². The molecule has 2 fully saturated rings. The molecule has 1 atom stereocenters. The number of alkyl carbamates (subject to hydrolysis) is 1. The summed E-state index contributed by atoms with van der Waals surface area (Å²) in [5.41, 5.74) is -0.351. The number of amides is 1. The van der Waals surface area contributed by atoms with Gasteiger partial charge in [0.25, 0.3) is 0 Å². The molecule has 0 aromatic rings. The highest BCUT2D eigenvalue weighted by Crippen LogP contribution is 2.34. The third-order valence-corrected chi connectivity index (χ3v) is 3.03. The normalized spacial score (nSPS) is 27.6. The molecule has 16 heavy (non-hydrogen) atoms. The van der Waals surface area contributed by atoms with Crippen LogP contribution < -0.4 is 10.6 Å². The average Bonchev–Trinajstić information content (AvgIpc) is 2.42. The second kappa shape index (κ2) is 3.89. The minimum absolute atomic E-state index is 0.0942. The third-order valence-electron chi connectivity index (χ3n) is 3.03. The monoisotopic (exact) mass is 228 g/mol. The summed E-state index contributed by atoms with van der Waals surface area (Å²) < 4.78 is 10.5. The highest BCUT2D eigenvalue weighted by atomic mass is 16.6. The fourth-order valence-electron chi connectivity index (χ4n) is 2.13. The van der Waals surface area contributed by atoms with E-state index in [9.17, 15) is 4.79 Å². The first-order chi connectivity index (χ1) is 7.41. The highest BCUT2D eigenvalue weighted by Gasteiger charge is 2.49. The fourth-order valence-corrected chi connectivity index (χ4v) is 2.13. The summed E-state index contributed by atoms with van der Waals surface area (Å²) in [7, 11) is 0. The first-order valence-corrected chi connectivity index (χ1v) is 5.69. The lowest BCUT2D eigenvalue weighted by molar-refractivity contribution is -0.112. The molecule has 1 amide bonds. The molecular weight excluding hydrogens is 208 g/mol. The SMILES string of the molecule is CC(C)(C)OC(=O)N[C@@H]1CNCC12COC2. The van der Waals surface area contributed by atoms with Gasteiger partial charge in [-0.15, -0.1) is 0 Å². The van der Waals surface area contributed by atoms with Crippen LogP contribution in [-0.2, 0) is 9.47 Å². The van der Waals surface area contributed by atoms with E-state index < -0.39 is 5.60 Å². The Bertz CT molecular complexity index is 281. The number of rotatable bonds is 1. The largest absolute Gasteiger partial charge is 0.444 e. The van der Waals surface area contributed by atoms with E-state index in [1.54, 1.807) is 0 Å². The van der Waals surface area contributed by atoms with Crippen molar-refractivity contribution in [3.8, 4) is 0 Å². The summed E-state index contributed by atoms with van der Waals surface area (Å²) in [6.45, 7) is 8.74. The van der Waals surface area contributed by atoms with E-state index in [0.717, 1.165) is 26.3 Å². The third kappa shape index (κ3) is 2.30. The van der Waals surface area contributed by atoms with Gasteiger partial charge in [0.15, 0.2) is 0 Å². The molecular formula is C11H20N2O3. The Hall–Kier alpha value is -0.810. The molecule has 5 nitrogen and oxygen atoms in total. The van der Waals surface area contributed by atoms with Crippen molar-refractivity contribution in [2.45, 2.75) is 32.4 Å². The summed E-state index contributed by atoms with van der Waals surface area (Å²) in [6, 6.07) is 0.121. The van der Waals surface area contributed by atoms with Gasteiger partial charge in [0.2, 0.25) is 0 Å². The quantitative estimate of drug-likeness (QED) is 0.686. The predicted octanol–water partition coefficient (Wildman–Crippen LogP) is 0.500. The van der Waals surface area contributed by atoms with E-state index in [4.69, 9.17) is 9.47 Å². The Labute approximate surface area is 95.9 Å². The van der Waals surface area contributed by atoms with E-state index in [0.29, 0.717) is 0 Å². The van der Waals surface area contributed by atoms with E-state index in [1.165, 1.54) is 0 Å². The molecule has 1 spiro atoms. The van der Waals surface area contributed by atoms with Gasteiger partial charge in [-0.25, -0.2) is 4.79 Å². The van der Waals surface area contributed by atoms with Crippen LogP contribution in [0.4, 0.5) is 4.79 Å². The molecule has 0 saturated carbocycles. The van der Waals surface area contributed by atoms with E-state index in [1.807, 2.05) is 20.8 Å². The van der Waals surface area contributed by atoms with Gasteiger partial charge in [-0.1, -0.05) is 0 Å². The Balaban J connectivity index is 1.87. The first-order valence-electron chi connectivity index (χ1n) is 5.69. The van der Waals surface area contributed by atoms with Gasteiger partial charge in [-0.3, -0.25) is 0 Å². The summed E-state index contributed by atoms with van der Waals surface area (Å²) in [5, 5.41) is 6.21. The Morgan fingerprint density at radius 3 is 2.69 bits per heavy atom. The molecule has 0 aromatic carbocycles. The molecule has 0 aliphatic carbocycles. The molecule has 92 valence electrons. The van der Waals surface area contributed by atoms with Crippen LogP contribution in [0.1, 0.15) is 20.8 Å². The lowest BCUT2D eigenvalue weighted by Gasteiger charge is -2.42. The molecule has 2 N–H and O–H groups in total. The van der Waals surface area contributed by atoms with Gasteiger partial charge in [-0.05, 0) is 20.8 Å². The lowest BCUT2D eigenvalue weighted by Crippen LogP contribution is -2.58. The molecule has 2 aliphatic heterocycles. The molecule has 5 heteroatoms. The maximum absolute atomic E-state index is 11.6. The number of hydrogen-bond acceptors (Lipinski definition) is 4. The second-order valence-corrected chi connectivity index (χ2v) is 5.68. The zero-order valence-corrected chi connectivity index (χ0v) is 10.1. The zero-order chi connectivity index (χ0) is 11.8. The molecule has 2 saturated heterocycles. The van der Waals surface area contributed by atoms with E-state index in [2.05, 4.69) is 10.6 Å². The molecule has 0 aromatic heterocycles. The topological polar surface area (TPSA) is 59.6 Å². The number of nitrogens with one attached hydrogen (secondary N) is 2. The van der Waals surface area contributed by atoms with Crippen LogP contribution in [0.25, 0.3) is 0 Å². The standard InChI is InChI=1S/C11H20N2O3/c1-10(2,3)16-9(14)13-8-4-12-5-11(8)6-15-7-11/h8,12H,4-7H2,1-3H3,(H,13,14)/t8-/m1/s1. The van der Waals surface area contributed by atoms with Crippen molar-refractivity contribution in [3.05, 3.63) is 0 Å². The van der Waals surface area contributed by atoms with Crippen molar-refractivity contribution in [2.24, 2.45) is 5.41 Å². The maximum Gasteiger partial charge on any atom is 0.407 e. The van der Waals surface area contributed by atoms with Crippen molar-refractivity contribution in [2.75, 3.05) is 26.3 Å². The fraction of sp³-hybridized carbons (Fsp3) is 0.909.